The van der Waals surface area contributed by atoms with E-state index >= 15 is 0 Å². The minimum atomic E-state index is -2.86. The molecule has 0 aromatic heterocycles. The van der Waals surface area contributed by atoms with E-state index in [9.17, 15) is 8.42 Å². The van der Waals surface area contributed by atoms with Gasteiger partial charge in [-0.2, -0.15) is 0 Å². The van der Waals surface area contributed by atoms with Crippen molar-refractivity contribution < 1.29 is 8.42 Å². The molecule has 21 heavy (non-hydrogen) atoms. The van der Waals surface area contributed by atoms with E-state index in [1.165, 1.54) is 19.3 Å². The van der Waals surface area contributed by atoms with Gasteiger partial charge in [-0.1, -0.05) is 41.0 Å². The Morgan fingerprint density at radius 2 is 1.81 bits per heavy atom. The van der Waals surface area contributed by atoms with Crippen LogP contribution in [0.5, 0.6) is 0 Å². The molecule has 1 rings (SSSR count). The lowest BCUT2D eigenvalue weighted by Gasteiger charge is -2.44. The van der Waals surface area contributed by atoms with Crippen molar-refractivity contribution in [1.29, 1.82) is 0 Å². The molecule has 4 heteroatoms. The van der Waals surface area contributed by atoms with Crippen LogP contribution in [0, 0.1) is 17.3 Å². The zero-order chi connectivity index (χ0) is 16.1. The quantitative estimate of drug-likeness (QED) is 0.743. The number of hydrogen-bond donors (Lipinski definition) is 1. The molecule has 0 heterocycles. The Balaban J connectivity index is 2.70. The third kappa shape index (κ3) is 5.90. The SMILES string of the molecule is CCCS(=O)(=O)CCC(C)(C)C1CCC(C)CC1NCC. The van der Waals surface area contributed by atoms with Gasteiger partial charge in [0.2, 0.25) is 0 Å². The Labute approximate surface area is 132 Å². The normalized spacial score (nSPS) is 27.8. The van der Waals surface area contributed by atoms with Crippen LogP contribution in [0.1, 0.15) is 66.7 Å². The summed E-state index contributed by atoms with van der Waals surface area (Å²) >= 11 is 0. The Bertz CT molecular complexity index is 403. The van der Waals surface area contributed by atoms with Gasteiger partial charge in [-0.25, -0.2) is 8.42 Å². The first-order chi connectivity index (χ1) is 9.72. The summed E-state index contributed by atoms with van der Waals surface area (Å²) in [5, 5.41) is 3.64. The zero-order valence-corrected chi connectivity index (χ0v) is 15.4. The fraction of sp³-hybridized carbons (Fsp3) is 1.00. The molecule has 1 fully saturated rings. The van der Waals surface area contributed by atoms with Gasteiger partial charge in [0.1, 0.15) is 9.84 Å². The molecule has 1 aliphatic carbocycles. The second kappa shape index (κ2) is 7.96. The summed E-state index contributed by atoms with van der Waals surface area (Å²) in [5.74, 6) is 2.05. The van der Waals surface area contributed by atoms with E-state index in [1.807, 2.05) is 6.92 Å². The van der Waals surface area contributed by atoms with Crippen LogP contribution in [-0.2, 0) is 9.84 Å². The van der Waals surface area contributed by atoms with Crippen molar-refractivity contribution in [2.24, 2.45) is 17.3 Å². The van der Waals surface area contributed by atoms with Crippen LogP contribution in [0.15, 0.2) is 0 Å². The molecule has 0 aromatic rings. The Hall–Kier alpha value is -0.0900. The molecule has 1 aliphatic rings. The van der Waals surface area contributed by atoms with Gasteiger partial charge in [0.25, 0.3) is 0 Å². The van der Waals surface area contributed by atoms with E-state index in [2.05, 4.69) is 33.0 Å². The molecule has 0 aromatic carbocycles. The van der Waals surface area contributed by atoms with E-state index in [0.717, 1.165) is 25.3 Å². The molecule has 1 saturated carbocycles. The lowest BCUT2D eigenvalue weighted by molar-refractivity contribution is 0.0922. The zero-order valence-electron chi connectivity index (χ0n) is 14.6. The minimum absolute atomic E-state index is 0.0911. The molecule has 0 radical (unpaired) electrons. The Morgan fingerprint density at radius 1 is 1.14 bits per heavy atom. The molecule has 126 valence electrons. The summed E-state index contributed by atoms with van der Waals surface area (Å²) in [7, 11) is -2.86. The molecule has 0 amide bonds. The van der Waals surface area contributed by atoms with Gasteiger partial charge in [0, 0.05) is 11.8 Å². The van der Waals surface area contributed by atoms with Crippen LogP contribution in [0.25, 0.3) is 0 Å². The van der Waals surface area contributed by atoms with Crippen molar-refractivity contribution in [2.75, 3.05) is 18.1 Å². The predicted molar refractivity (Wildman–Crippen MR) is 91.3 cm³/mol. The fourth-order valence-electron chi connectivity index (χ4n) is 3.82. The maximum atomic E-state index is 12.0. The number of rotatable bonds is 8. The lowest BCUT2D eigenvalue weighted by atomic mass is 9.65. The first kappa shape index (κ1) is 19.0. The van der Waals surface area contributed by atoms with Gasteiger partial charge >= 0.3 is 0 Å². The second-order valence-corrected chi connectivity index (χ2v) is 9.88. The van der Waals surface area contributed by atoms with Crippen molar-refractivity contribution in [3.63, 3.8) is 0 Å². The van der Waals surface area contributed by atoms with E-state index in [4.69, 9.17) is 0 Å². The third-order valence-corrected chi connectivity index (χ3v) is 7.01. The Morgan fingerprint density at radius 3 is 2.38 bits per heavy atom. The first-order valence-electron chi connectivity index (χ1n) is 8.65. The van der Waals surface area contributed by atoms with E-state index in [-0.39, 0.29) is 5.41 Å². The van der Waals surface area contributed by atoms with Crippen molar-refractivity contribution in [2.45, 2.75) is 72.8 Å². The van der Waals surface area contributed by atoms with Crippen LogP contribution >= 0.6 is 0 Å². The summed E-state index contributed by atoms with van der Waals surface area (Å²) in [6.45, 7) is 12.0. The third-order valence-electron chi connectivity index (χ3n) is 5.16. The second-order valence-electron chi connectivity index (χ2n) is 7.58. The molecule has 3 atom stereocenters. The van der Waals surface area contributed by atoms with E-state index in [1.54, 1.807) is 0 Å². The number of sulfone groups is 1. The van der Waals surface area contributed by atoms with Crippen LogP contribution in [0.4, 0.5) is 0 Å². The maximum absolute atomic E-state index is 12.0. The van der Waals surface area contributed by atoms with Crippen LogP contribution in [0.2, 0.25) is 0 Å². The van der Waals surface area contributed by atoms with Gasteiger partial charge in [-0.3, -0.25) is 0 Å². The maximum Gasteiger partial charge on any atom is 0.150 e. The summed E-state index contributed by atoms with van der Waals surface area (Å²) in [6, 6.07) is 0.544. The van der Waals surface area contributed by atoms with Gasteiger partial charge in [-0.05, 0) is 49.5 Å². The Kier molecular flexibility index (Phi) is 7.18. The molecule has 1 N–H and O–H groups in total. The minimum Gasteiger partial charge on any atom is -0.314 e. The van der Waals surface area contributed by atoms with Crippen molar-refractivity contribution >= 4 is 9.84 Å². The molecule has 3 unspecified atom stereocenters. The van der Waals surface area contributed by atoms with Crippen molar-refractivity contribution in [1.82, 2.24) is 5.32 Å². The molecule has 3 nitrogen and oxygen atoms in total. The molecule has 0 aliphatic heterocycles. The summed E-state index contributed by atoms with van der Waals surface area (Å²) in [6.07, 6.45) is 5.24. The van der Waals surface area contributed by atoms with Crippen LogP contribution in [0.3, 0.4) is 0 Å². The lowest BCUT2D eigenvalue weighted by Crippen LogP contribution is -2.47. The van der Waals surface area contributed by atoms with Gasteiger partial charge in [0.15, 0.2) is 0 Å². The smallest absolute Gasteiger partial charge is 0.150 e. The highest BCUT2D eigenvalue weighted by Crippen LogP contribution is 2.42. The molecule has 0 spiro atoms. The van der Waals surface area contributed by atoms with E-state index < -0.39 is 9.84 Å². The van der Waals surface area contributed by atoms with Gasteiger partial charge in [-0.15, -0.1) is 0 Å². The van der Waals surface area contributed by atoms with Crippen molar-refractivity contribution in [3.8, 4) is 0 Å². The van der Waals surface area contributed by atoms with Crippen LogP contribution in [-0.4, -0.2) is 32.5 Å². The van der Waals surface area contributed by atoms with E-state index in [0.29, 0.717) is 23.5 Å². The van der Waals surface area contributed by atoms with Crippen molar-refractivity contribution in [3.05, 3.63) is 0 Å². The highest BCUT2D eigenvalue weighted by Gasteiger charge is 2.38. The average molecular weight is 318 g/mol. The standard InChI is InChI=1S/C17H35NO2S/c1-6-11-21(19,20)12-10-17(4,5)15-9-8-14(3)13-16(15)18-7-2/h14-16,18H,6-13H2,1-5H3. The summed E-state index contributed by atoms with van der Waals surface area (Å²) < 4.78 is 24.0. The highest BCUT2D eigenvalue weighted by molar-refractivity contribution is 7.91. The largest absolute Gasteiger partial charge is 0.314 e. The number of hydrogen-bond acceptors (Lipinski definition) is 3. The first-order valence-corrected chi connectivity index (χ1v) is 10.5. The van der Waals surface area contributed by atoms with Crippen LogP contribution < -0.4 is 5.32 Å². The fourth-order valence-corrected chi connectivity index (χ4v) is 5.48. The number of nitrogens with one attached hydrogen (secondary N) is 1. The monoisotopic (exact) mass is 317 g/mol. The predicted octanol–water partition coefficient (Wildman–Crippen LogP) is 3.64. The summed E-state index contributed by atoms with van der Waals surface area (Å²) in [5.41, 5.74) is 0.0911. The summed E-state index contributed by atoms with van der Waals surface area (Å²) in [4.78, 5) is 0. The molecule has 0 saturated heterocycles. The van der Waals surface area contributed by atoms with Gasteiger partial charge in [0.05, 0.1) is 5.75 Å². The molecular formula is C17H35NO2S. The molecule has 0 bridgehead atoms. The van der Waals surface area contributed by atoms with Gasteiger partial charge < -0.3 is 5.32 Å². The molecular weight excluding hydrogens is 282 g/mol. The highest BCUT2D eigenvalue weighted by atomic mass is 32.2. The topological polar surface area (TPSA) is 46.2 Å². The average Bonchev–Trinajstić information content (AvgIpc) is 2.37.